The monoisotopic (exact) mass is 349 g/mol. The molecule has 0 spiro atoms. The Morgan fingerprint density at radius 2 is 2.12 bits per heavy atom. The number of hydrogen-bond acceptors (Lipinski definition) is 7. The van der Waals surface area contributed by atoms with Gasteiger partial charge in [-0.25, -0.2) is 0 Å². The summed E-state index contributed by atoms with van der Waals surface area (Å²) in [6.07, 6.45) is 2.56. The largest absolute Gasteiger partial charge is 0.493 e. The van der Waals surface area contributed by atoms with Gasteiger partial charge >= 0.3 is 0 Å². The zero-order valence-corrected chi connectivity index (χ0v) is 14.7. The molecule has 0 saturated heterocycles. The second-order valence-electron chi connectivity index (χ2n) is 6.00. The summed E-state index contributed by atoms with van der Waals surface area (Å²) in [4.78, 5) is 10.7. The number of rotatable bonds is 7. The van der Waals surface area contributed by atoms with E-state index in [1.54, 1.807) is 30.5 Å². The highest BCUT2D eigenvalue weighted by molar-refractivity contribution is 5.61. The van der Waals surface area contributed by atoms with E-state index >= 15 is 0 Å². The molecule has 3 rings (SSSR count). The molecule has 0 aliphatic rings. The van der Waals surface area contributed by atoms with Crippen LogP contribution in [0.1, 0.15) is 12.0 Å². The minimum absolute atomic E-state index is 0.320. The van der Waals surface area contributed by atoms with Gasteiger partial charge in [-0.1, -0.05) is 11.2 Å². The summed E-state index contributed by atoms with van der Waals surface area (Å²) < 4.78 is 11.1. The van der Waals surface area contributed by atoms with E-state index in [-0.39, 0.29) is 0 Å². The van der Waals surface area contributed by atoms with Gasteiger partial charge in [0, 0.05) is 18.3 Å². The smallest absolute Gasteiger partial charge is 0.258 e. The van der Waals surface area contributed by atoms with Crippen LogP contribution in [-0.4, -0.2) is 47.3 Å². The third kappa shape index (κ3) is 4.43. The van der Waals surface area contributed by atoms with Crippen molar-refractivity contribution in [1.82, 2.24) is 20.0 Å². The third-order valence-electron chi connectivity index (χ3n) is 3.62. The van der Waals surface area contributed by atoms with Gasteiger partial charge in [-0.15, -0.1) is 0 Å². The first kappa shape index (κ1) is 17.6. The molecule has 0 bridgehead atoms. The summed E-state index contributed by atoms with van der Waals surface area (Å²) in [6.45, 7) is 1.50. The molecule has 0 atom stereocenters. The quantitative estimate of drug-likeness (QED) is 0.606. The van der Waals surface area contributed by atoms with E-state index in [2.05, 4.69) is 26.1 Å². The lowest BCUT2D eigenvalue weighted by atomic mass is 10.1. The summed E-state index contributed by atoms with van der Waals surface area (Å²) >= 11 is 0. The Morgan fingerprint density at radius 1 is 1.23 bits per heavy atom. The van der Waals surface area contributed by atoms with E-state index in [4.69, 9.17) is 9.26 Å². The summed E-state index contributed by atoms with van der Waals surface area (Å²) in [5.74, 6) is 1.33. The Kier molecular flexibility index (Phi) is 5.56. The summed E-state index contributed by atoms with van der Waals surface area (Å²) in [7, 11) is 4.03. The molecule has 3 aromatic rings. The Morgan fingerprint density at radius 3 is 2.85 bits per heavy atom. The molecule has 0 aliphatic heterocycles. The molecule has 0 aliphatic carbocycles. The average molecular weight is 349 g/mol. The van der Waals surface area contributed by atoms with Crippen molar-refractivity contribution in [2.75, 3.05) is 27.2 Å². The van der Waals surface area contributed by atoms with Gasteiger partial charge in [0.05, 0.1) is 18.2 Å². The minimum atomic E-state index is 0.320. The highest BCUT2D eigenvalue weighted by Gasteiger charge is 2.13. The number of pyridine rings is 1. The highest BCUT2D eigenvalue weighted by atomic mass is 16.5. The second-order valence-corrected chi connectivity index (χ2v) is 6.00. The van der Waals surface area contributed by atoms with E-state index in [1.807, 2.05) is 26.2 Å². The fraction of sp³-hybridized carbons (Fsp3) is 0.263. The first-order valence-corrected chi connectivity index (χ1v) is 8.24. The summed E-state index contributed by atoms with van der Waals surface area (Å²) in [5, 5.41) is 13.2. The molecule has 0 unspecified atom stereocenters. The van der Waals surface area contributed by atoms with Crippen molar-refractivity contribution < 1.29 is 9.26 Å². The van der Waals surface area contributed by atoms with Crippen molar-refractivity contribution >= 4 is 0 Å². The van der Waals surface area contributed by atoms with Gasteiger partial charge in [0.25, 0.3) is 5.89 Å². The van der Waals surface area contributed by atoms with Crippen LogP contribution in [0.4, 0.5) is 0 Å². The topological polar surface area (TPSA) is 88.1 Å². The standard InChI is InChI=1S/C19H19N5O2/c1-24(2)8-5-9-25-16-11-14(13-20)10-15(12-16)19-22-18(23-26-19)17-6-3-4-7-21-17/h3-4,6-7,10-12H,5,8-9H2,1-2H3. The first-order valence-electron chi connectivity index (χ1n) is 8.24. The maximum atomic E-state index is 9.27. The highest BCUT2D eigenvalue weighted by Crippen LogP contribution is 2.26. The number of ether oxygens (including phenoxy) is 1. The van der Waals surface area contributed by atoms with E-state index in [9.17, 15) is 5.26 Å². The predicted molar refractivity (Wildman–Crippen MR) is 96.3 cm³/mol. The van der Waals surface area contributed by atoms with Crippen molar-refractivity contribution in [2.24, 2.45) is 0 Å². The fourth-order valence-electron chi connectivity index (χ4n) is 2.38. The van der Waals surface area contributed by atoms with Gasteiger partial charge in [0.2, 0.25) is 5.82 Å². The van der Waals surface area contributed by atoms with Gasteiger partial charge in [0.1, 0.15) is 11.4 Å². The van der Waals surface area contributed by atoms with Crippen LogP contribution in [0.25, 0.3) is 23.0 Å². The lowest BCUT2D eigenvalue weighted by molar-refractivity contribution is 0.281. The first-order chi connectivity index (χ1) is 12.7. The maximum Gasteiger partial charge on any atom is 0.258 e. The van der Waals surface area contributed by atoms with E-state index in [0.29, 0.717) is 40.9 Å². The van der Waals surface area contributed by atoms with Crippen LogP contribution >= 0.6 is 0 Å². The fourth-order valence-corrected chi connectivity index (χ4v) is 2.38. The van der Waals surface area contributed by atoms with Crippen LogP contribution in [0, 0.1) is 11.3 Å². The van der Waals surface area contributed by atoms with Crippen LogP contribution in [0.3, 0.4) is 0 Å². The number of nitrogens with zero attached hydrogens (tertiary/aromatic N) is 5. The SMILES string of the molecule is CN(C)CCCOc1cc(C#N)cc(-c2nc(-c3ccccn3)no2)c1. The molecule has 7 heteroatoms. The number of aromatic nitrogens is 3. The Labute approximate surface area is 151 Å². The molecular formula is C19H19N5O2. The third-order valence-corrected chi connectivity index (χ3v) is 3.62. The van der Waals surface area contributed by atoms with Gasteiger partial charge in [-0.05, 0) is 50.8 Å². The Hall–Kier alpha value is -3.24. The van der Waals surface area contributed by atoms with Crippen molar-refractivity contribution in [2.45, 2.75) is 6.42 Å². The van der Waals surface area contributed by atoms with Gasteiger partial charge < -0.3 is 14.2 Å². The second kappa shape index (κ2) is 8.23. The number of hydrogen-bond donors (Lipinski definition) is 0. The normalized spacial score (nSPS) is 10.7. The molecule has 0 N–H and O–H groups in total. The lowest BCUT2D eigenvalue weighted by Gasteiger charge is -2.11. The van der Waals surface area contributed by atoms with E-state index in [0.717, 1.165) is 13.0 Å². The molecule has 0 amide bonds. The van der Waals surface area contributed by atoms with Crippen molar-refractivity contribution in [3.8, 4) is 34.8 Å². The van der Waals surface area contributed by atoms with Gasteiger partial charge in [-0.2, -0.15) is 10.2 Å². The Bertz CT molecular complexity index is 900. The zero-order valence-electron chi connectivity index (χ0n) is 14.7. The molecule has 2 aromatic heterocycles. The van der Waals surface area contributed by atoms with Gasteiger partial charge in [-0.3, -0.25) is 4.98 Å². The van der Waals surface area contributed by atoms with Crippen LogP contribution in [0.15, 0.2) is 47.1 Å². The molecule has 0 radical (unpaired) electrons. The molecular weight excluding hydrogens is 330 g/mol. The average Bonchev–Trinajstić information content (AvgIpc) is 3.16. The summed E-state index contributed by atoms with van der Waals surface area (Å²) in [5.41, 5.74) is 1.74. The van der Waals surface area contributed by atoms with Crippen LogP contribution in [0.2, 0.25) is 0 Å². The molecule has 26 heavy (non-hydrogen) atoms. The van der Waals surface area contributed by atoms with Crippen LogP contribution in [-0.2, 0) is 0 Å². The van der Waals surface area contributed by atoms with Crippen LogP contribution < -0.4 is 4.74 Å². The van der Waals surface area contributed by atoms with Crippen LogP contribution in [0.5, 0.6) is 5.75 Å². The minimum Gasteiger partial charge on any atom is -0.493 e. The lowest BCUT2D eigenvalue weighted by Crippen LogP contribution is -2.15. The maximum absolute atomic E-state index is 9.27. The van der Waals surface area contributed by atoms with Crippen molar-refractivity contribution in [3.63, 3.8) is 0 Å². The van der Waals surface area contributed by atoms with Crippen molar-refractivity contribution in [1.29, 1.82) is 5.26 Å². The molecule has 1 aromatic carbocycles. The zero-order chi connectivity index (χ0) is 18.4. The van der Waals surface area contributed by atoms with E-state index in [1.165, 1.54) is 0 Å². The molecule has 7 nitrogen and oxygen atoms in total. The Balaban J connectivity index is 1.80. The van der Waals surface area contributed by atoms with E-state index < -0.39 is 0 Å². The van der Waals surface area contributed by atoms with Gasteiger partial charge in [0.15, 0.2) is 0 Å². The molecule has 2 heterocycles. The predicted octanol–water partition coefficient (Wildman–Crippen LogP) is 3.00. The number of nitriles is 1. The molecule has 132 valence electrons. The molecule has 0 saturated carbocycles. The summed E-state index contributed by atoms with van der Waals surface area (Å²) in [6, 6.07) is 12.8. The van der Waals surface area contributed by atoms with Crippen molar-refractivity contribution in [3.05, 3.63) is 48.2 Å². The molecule has 0 fully saturated rings. The number of benzene rings is 1.